The quantitative estimate of drug-likeness (QED) is 0.710. The van der Waals surface area contributed by atoms with Crippen LogP contribution in [0.5, 0.6) is 0 Å². The molecule has 0 aromatic carbocycles. The van der Waals surface area contributed by atoms with Gasteiger partial charge in [-0.15, -0.1) is 0 Å². The highest BCUT2D eigenvalue weighted by Gasteiger charge is 2.51. The molecular formula is C20H22F2N6O2. The highest BCUT2D eigenvalue weighted by Crippen LogP contribution is 2.40. The Labute approximate surface area is 171 Å². The van der Waals surface area contributed by atoms with E-state index in [1.807, 2.05) is 29.9 Å². The van der Waals surface area contributed by atoms with Gasteiger partial charge in [-0.05, 0) is 18.6 Å². The molecule has 1 saturated heterocycles. The molecule has 0 radical (unpaired) electrons. The summed E-state index contributed by atoms with van der Waals surface area (Å²) in [4.78, 5) is 28.0. The number of hydrogen-bond donors (Lipinski definition) is 1. The van der Waals surface area contributed by atoms with Crippen molar-refractivity contribution >= 4 is 22.8 Å². The third-order valence-electron chi connectivity index (χ3n) is 5.82. The number of piperazine rings is 1. The number of halogens is 2. The number of carbonyl (C=O) groups is 1. The number of imidazole rings is 1. The van der Waals surface area contributed by atoms with Gasteiger partial charge in [0, 0.05) is 63.1 Å². The Morgan fingerprint density at radius 3 is 2.70 bits per heavy atom. The van der Waals surface area contributed by atoms with Crippen molar-refractivity contribution < 1.29 is 18.3 Å². The fourth-order valence-corrected chi connectivity index (χ4v) is 3.93. The van der Waals surface area contributed by atoms with Gasteiger partial charge in [0.25, 0.3) is 5.92 Å². The Morgan fingerprint density at radius 1 is 1.27 bits per heavy atom. The van der Waals surface area contributed by atoms with Gasteiger partial charge in [-0.2, -0.15) is 0 Å². The smallest absolute Gasteiger partial charge is 0.410 e. The normalized spacial score (nSPS) is 21.0. The first-order chi connectivity index (χ1) is 14.4. The summed E-state index contributed by atoms with van der Waals surface area (Å²) in [6, 6.07) is 3.97. The fourth-order valence-electron chi connectivity index (χ4n) is 3.93. The number of hydrogen-bond acceptors (Lipinski definition) is 5. The summed E-state index contributed by atoms with van der Waals surface area (Å²) in [5.74, 6) is -2.89. The molecule has 1 aliphatic carbocycles. The van der Waals surface area contributed by atoms with Crippen LogP contribution in [0.4, 0.5) is 19.3 Å². The zero-order valence-corrected chi connectivity index (χ0v) is 16.5. The number of fused-ring (bicyclic) bond motifs is 1. The molecule has 0 spiro atoms. The van der Waals surface area contributed by atoms with Crippen LogP contribution in [0.2, 0.25) is 0 Å². The Hall–Kier alpha value is -3.17. The van der Waals surface area contributed by atoms with Crippen LogP contribution < -0.4 is 4.90 Å². The number of anilines is 1. The van der Waals surface area contributed by atoms with Crippen LogP contribution in [0.3, 0.4) is 0 Å². The lowest BCUT2D eigenvalue weighted by Gasteiger charge is -2.39. The number of aryl methyl sites for hydroxylation is 1. The van der Waals surface area contributed by atoms with Gasteiger partial charge >= 0.3 is 6.09 Å². The zero-order chi connectivity index (χ0) is 20.9. The van der Waals surface area contributed by atoms with Crippen molar-refractivity contribution in [3.05, 3.63) is 30.9 Å². The Morgan fingerprint density at radius 2 is 2.07 bits per heavy atom. The fraction of sp³-hybridized carbons (Fsp3) is 0.450. The lowest BCUT2D eigenvalue weighted by atomic mass is 9.91. The van der Waals surface area contributed by atoms with Crippen LogP contribution in [0.1, 0.15) is 12.8 Å². The number of nitrogens with zero attached hydrogens (tertiary/aromatic N) is 5. The van der Waals surface area contributed by atoms with E-state index in [1.54, 1.807) is 12.5 Å². The largest absolute Gasteiger partial charge is 0.440 e. The van der Waals surface area contributed by atoms with Crippen molar-refractivity contribution in [3.63, 3.8) is 0 Å². The third-order valence-corrected chi connectivity index (χ3v) is 5.82. The van der Waals surface area contributed by atoms with Gasteiger partial charge in [0.2, 0.25) is 0 Å². The Balaban J connectivity index is 1.29. The number of amides is 1. The molecule has 0 bridgehead atoms. The molecular weight excluding hydrogens is 394 g/mol. The second-order valence-electron chi connectivity index (χ2n) is 7.85. The number of alkyl halides is 2. The molecule has 10 heteroatoms. The molecule has 2 aliphatic rings. The molecule has 1 aliphatic heterocycles. The molecule has 158 valence electrons. The van der Waals surface area contributed by atoms with Crippen molar-refractivity contribution in [2.75, 3.05) is 31.1 Å². The molecule has 3 aromatic heterocycles. The van der Waals surface area contributed by atoms with Gasteiger partial charge in [0.15, 0.2) is 6.10 Å². The van der Waals surface area contributed by atoms with Gasteiger partial charge in [0.05, 0.1) is 12.0 Å². The monoisotopic (exact) mass is 416 g/mol. The van der Waals surface area contributed by atoms with E-state index >= 15 is 0 Å². The molecule has 0 unspecified atom stereocenters. The summed E-state index contributed by atoms with van der Waals surface area (Å²) in [5, 5.41) is 0.975. The maximum absolute atomic E-state index is 13.4. The van der Waals surface area contributed by atoms with E-state index in [2.05, 4.69) is 19.9 Å². The van der Waals surface area contributed by atoms with E-state index in [-0.39, 0.29) is 12.8 Å². The molecule has 2 fully saturated rings. The summed E-state index contributed by atoms with van der Waals surface area (Å²) in [6.45, 7) is 2.00. The molecule has 3 aromatic rings. The second kappa shape index (κ2) is 6.96. The maximum Gasteiger partial charge on any atom is 0.410 e. The molecule has 1 N–H and O–H groups in total. The first kappa shape index (κ1) is 18.8. The molecule has 4 heterocycles. The molecule has 5 rings (SSSR count). The highest BCUT2D eigenvalue weighted by molar-refractivity contribution is 5.93. The number of aromatic nitrogens is 4. The first-order valence-corrected chi connectivity index (χ1v) is 9.95. The van der Waals surface area contributed by atoms with Crippen LogP contribution in [0.25, 0.3) is 22.4 Å². The second-order valence-corrected chi connectivity index (χ2v) is 7.85. The van der Waals surface area contributed by atoms with Crippen molar-refractivity contribution in [1.82, 2.24) is 24.4 Å². The average Bonchev–Trinajstić information content (AvgIpc) is 3.37. The Kier molecular flexibility index (Phi) is 4.37. The molecule has 30 heavy (non-hydrogen) atoms. The van der Waals surface area contributed by atoms with Crippen molar-refractivity contribution in [2.45, 2.75) is 24.9 Å². The summed E-state index contributed by atoms with van der Waals surface area (Å²) < 4.78 is 33.6. The molecule has 1 atom stereocenters. The molecule has 8 nitrogen and oxygen atoms in total. The van der Waals surface area contributed by atoms with Crippen LogP contribution >= 0.6 is 0 Å². The minimum atomic E-state index is -2.89. The number of rotatable bonds is 3. The van der Waals surface area contributed by atoms with Gasteiger partial charge < -0.3 is 24.1 Å². The number of nitrogens with one attached hydrogen (secondary N) is 1. The summed E-state index contributed by atoms with van der Waals surface area (Å²) >= 11 is 0. The average molecular weight is 416 g/mol. The van der Waals surface area contributed by atoms with Crippen LogP contribution in [0, 0.1) is 0 Å². The summed E-state index contributed by atoms with van der Waals surface area (Å²) in [5.41, 5.74) is 3.50. The molecule has 1 amide bonds. The first-order valence-electron chi connectivity index (χ1n) is 9.95. The zero-order valence-electron chi connectivity index (χ0n) is 16.5. The number of H-pyrrole nitrogens is 1. The van der Waals surface area contributed by atoms with Gasteiger partial charge in [0.1, 0.15) is 11.3 Å². The van der Waals surface area contributed by atoms with E-state index in [4.69, 9.17) is 4.74 Å². The van der Waals surface area contributed by atoms with E-state index < -0.39 is 18.1 Å². The van der Waals surface area contributed by atoms with Gasteiger partial charge in [-0.1, -0.05) is 0 Å². The van der Waals surface area contributed by atoms with Crippen molar-refractivity contribution in [1.29, 1.82) is 0 Å². The van der Waals surface area contributed by atoms with Crippen molar-refractivity contribution in [3.8, 4) is 11.4 Å². The van der Waals surface area contributed by atoms with Crippen LogP contribution in [0.15, 0.2) is 30.9 Å². The minimum Gasteiger partial charge on any atom is -0.440 e. The number of carbonyl (C=O) groups excluding carboxylic acids is 1. The SMILES string of the molecule is Cn1cnc(-c2cc3c(N4CCN(C(=O)O[C@H]5CCC5(F)F)CC4)ccnc3[nH]2)c1. The lowest BCUT2D eigenvalue weighted by molar-refractivity contribution is -0.179. The maximum atomic E-state index is 13.4. The number of ether oxygens (including phenoxy) is 1. The van der Waals surface area contributed by atoms with Gasteiger partial charge in [-0.25, -0.2) is 23.5 Å². The van der Waals surface area contributed by atoms with E-state index in [0.29, 0.717) is 26.2 Å². The van der Waals surface area contributed by atoms with Crippen molar-refractivity contribution in [2.24, 2.45) is 7.05 Å². The molecule has 1 saturated carbocycles. The Bertz CT molecular complexity index is 1090. The van der Waals surface area contributed by atoms with Gasteiger partial charge in [-0.3, -0.25) is 0 Å². The predicted octanol–water partition coefficient (Wildman–Crippen LogP) is 3.02. The topological polar surface area (TPSA) is 79.3 Å². The summed E-state index contributed by atoms with van der Waals surface area (Å²) in [6.07, 6.45) is 3.49. The lowest BCUT2D eigenvalue weighted by Crippen LogP contribution is -2.53. The van der Waals surface area contributed by atoms with E-state index in [9.17, 15) is 13.6 Å². The van der Waals surface area contributed by atoms with E-state index in [0.717, 1.165) is 28.1 Å². The van der Waals surface area contributed by atoms with E-state index in [1.165, 1.54) is 4.90 Å². The van der Waals surface area contributed by atoms with Crippen LogP contribution in [-0.2, 0) is 11.8 Å². The minimum absolute atomic E-state index is 0.214. The standard InChI is InChI=1S/C20H22F2N6O2/c1-26-11-15(24-12-26)14-10-13-16(3-5-23-18(13)25-14)27-6-8-28(9-7-27)19(29)30-17-2-4-20(17,21)22/h3,5,10-12,17H,2,4,6-9H2,1H3,(H,23,25)/t17-/m0/s1. The third kappa shape index (κ3) is 3.25. The summed E-state index contributed by atoms with van der Waals surface area (Å²) in [7, 11) is 1.92. The predicted molar refractivity (Wildman–Crippen MR) is 107 cm³/mol. The van der Waals surface area contributed by atoms with Crippen LogP contribution in [-0.4, -0.2) is 68.7 Å². The highest BCUT2D eigenvalue weighted by atomic mass is 19.3. The number of aromatic amines is 1. The number of pyridine rings is 1.